The molecule has 0 spiro atoms. The summed E-state index contributed by atoms with van der Waals surface area (Å²) in [5.74, 6) is -0.421. The van der Waals surface area contributed by atoms with E-state index < -0.39 is 0 Å². The molecular formula is C36H28Cl4N2O4Ti. The molecule has 0 amide bonds. The minimum atomic E-state index is -0.375. The third kappa shape index (κ3) is 11.6. The Morgan fingerprint density at radius 3 is 1.09 bits per heavy atom. The van der Waals surface area contributed by atoms with Gasteiger partial charge in [0.2, 0.25) is 0 Å². The fraction of sp³-hybridized carbons (Fsp3) is 0.111. The summed E-state index contributed by atoms with van der Waals surface area (Å²) >= 11 is 23.6. The number of aliphatic imine (C=N–C) groups is 2. The van der Waals surface area contributed by atoms with E-state index in [9.17, 15) is 20.4 Å². The summed E-state index contributed by atoms with van der Waals surface area (Å²) in [5, 5.41) is 46.8. The van der Waals surface area contributed by atoms with Gasteiger partial charge in [-0.1, -0.05) is 129 Å². The maximum atomic E-state index is 12.1. The standard InChI is InChI=1S/C20H12Cl4N2O2.2C8H10O.Ti/c21-13-5-11(19(27)15(23)7-13)9-25-17-3-1-2-4-18(17)26-10-12-6-14(22)8-16(24)20(12)28;2*1-6-4-3-5-7(2)8(6)9;/h1-10,27-28H;2*3-5,9H,1-2H3;/q;;;+4/p-4. The molecule has 5 aromatic rings. The van der Waals surface area contributed by atoms with Crippen LogP contribution in [0.1, 0.15) is 33.4 Å². The van der Waals surface area contributed by atoms with E-state index in [0.29, 0.717) is 21.4 Å². The van der Waals surface area contributed by atoms with Crippen molar-refractivity contribution in [3.63, 3.8) is 0 Å². The van der Waals surface area contributed by atoms with Gasteiger partial charge in [0.05, 0.1) is 11.4 Å². The van der Waals surface area contributed by atoms with Crippen molar-refractivity contribution in [3.05, 3.63) is 138 Å². The maximum absolute atomic E-state index is 12.1. The minimum Gasteiger partial charge on any atom is -0.872 e. The summed E-state index contributed by atoms with van der Waals surface area (Å²) in [7, 11) is 0. The van der Waals surface area contributed by atoms with Crippen molar-refractivity contribution >= 4 is 70.2 Å². The zero-order valence-corrected chi connectivity index (χ0v) is 30.4. The summed E-state index contributed by atoms with van der Waals surface area (Å²) < 4.78 is 0. The van der Waals surface area contributed by atoms with Crippen LogP contribution in [0.4, 0.5) is 11.4 Å². The number of hydrogen-bond donors (Lipinski definition) is 0. The molecule has 0 atom stereocenters. The molecule has 0 saturated heterocycles. The Kier molecular flexibility index (Phi) is 15.8. The smallest absolute Gasteiger partial charge is 0.872 e. The Hall–Kier alpha value is -3.49. The summed E-state index contributed by atoms with van der Waals surface area (Å²) in [5.41, 5.74) is 4.78. The summed E-state index contributed by atoms with van der Waals surface area (Å²) in [6.45, 7) is 7.31. The number of rotatable bonds is 4. The molecule has 0 radical (unpaired) electrons. The Bertz CT molecular complexity index is 1720. The van der Waals surface area contributed by atoms with E-state index in [2.05, 4.69) is 9.98 Å². The summed E-state index contributed by atoms with van der Waals surface area (Å²) in [6.07, 6.45) is 2.73. The van der Waals surface area contributed by atoms with Gasteiger partial charge in [-0.2, -0.15) is 0 Å². The van der Waals surface area contributed by atoms with Gasteiger partial charge >= 0.3 is 21.7 Å². The predicted molar refractivity (Wildman–Crippen MR) is 183 cm³/mol. The van der Waals surface area contributed by atoms with Crippen LogP contribution in [0.25, 0.3) is 0 Å². The van der Waals surface area contributed by atoms with Crippen LogP contribution in [-0.2, 0) is 21.7 Å². The third-order valence-corrected chi connectivity index (χ3v) is 7.46. The molecule has 0 aliphatic heterocycles. The quantitative estimate of drug-likeness (QED) is 0.135. The van der Waals surface area contributed by atoms with Gasteiger partial charge in [0.15, 0.2) is 0 Å². The molecule has 0 bridgehead atoms. The molecule has 5 rings (SSSR count). The number of aryl methyl sites for hydroxylation is 4. The van der Waals surface area contributed by atoms with Gasteiger partial charge in [-0.3, -0.25) is 9.98 Å². The van der Waals surface area contributed by atoms with Crippen molar-refractivity contribution in [1.29, 1.82) is 0 Å². The Morgan fingerprint density at radius 2 is 0.787 bits per heavy atom. The normalized spacial score (nSPS) is 10.6. The molecule has 0 heterocycles. The first-order valence-corrected chi connectivity index (χ1v) is 15.3. The molecule has 0 aromatic heterocycles. The molecule has 0 saturated carbocycles. The molecule has 0 aliphatic rings. The molecule has 0 unspecified atom stereocenters. The van der Waals surface area contributed by atoms with Crippen LogP contribution < -0.4 is 20.4 Å². The molecule has 0 fully saturated rings. The topological polar surface area (TPSA) is 117 Å². The van der Waals surface area contributed by atoms with Gasteiger partial charge in [0.1, 0.15) is 0 Å². The van der Waals surface area contributed by atoms with Crippen LogP contribution in [0.3, 0.4) is 0 Å². The van der Waals surface area contributed by atoms with E-state index >= 15 is 0 Å². The summed E-state index contributed by atoms with van der Waals surface area (Å²) in [4.78, 5) is 8.61. The largest absolute Gasteiger partial charge is 4.00 e. The number of hydrogen-bond acceptors (Lipinski definition) is 6. The first-order valence-electron chi connectivity index (χ1n) is 13.7. The number of halogens is 4. The van der Waals surface area contributed by atoms with Crippen molar-refractivity contribution in [2.75, 3.05) is 0 Å². The van der Waals surface area contributed by atoms with Crippen molar-refractivity contribution in [3.8, 4) is 23.0 Å². The first kappa shape index (κ1) is 39.7. The van der Waals surface area contributed by atoms with Gasteiger partial charge in [0.25, 0.3) is 0 Å². The Balaban J connectivity index is 0.000000328. The zero-order valence-electron chi connectivity index (χ0n) is 25.8. The number of benzene rings is 5. The van der Waals surface area contributed by atoms with Gasteiger partial charge in [0, 0.05) is 32.5 Å². The van der Waals surface area contributed by atoms with Crippen LogP contribution in [-0.4, -0.2) is 12.4 Å². The molecule has 11 heteroatoms. The van der Waals surface area contributed by atoms with Crippen molar-refractivity contribution < 1.29 is 42.1 Å². The molecule has 47 heavy (non-hydrogen) atoms. The third-order valence-electron chi connectivity index (χ3n) is 6.46. The monoisotopic (exact) mass is 740 g/mol. The molecule has 0 N–H and O–H groups in total. The predicted octanol–water partition coefficient (Wildman–Crippen LogP) is 8.70. The fourth-order valence-corrected chi connectivity index (χ4v) is 4.93. The zero-order chi connectivity index (χ0) is 34.0. The van der Waals surface area contributed by atoms with Crippen molar-refractivity contribution in [2.45, 2.75) is 27.7 Å². The average molecular weight is 742 g/mol. The second kappa shape index (κ2) is 18.7. The van der Waals surface area contributed by atoms with E-state index in [-0.39, 0.29) is 65.9 Å². The number of nitrogens with zero attached hydrogens (tertiary/aromatic N) is 2. The van der Waals surface area contributed by atoms with Crippen LogP contribution in [0.5, 0.6) is 23.0 Å². The van der Waals surface area contributed by atoms with Gasteiger partial charge in [-0.05, 0) is 75.2 Å². The van der Waals surface area contributed by atoms with Gasteiger partial charge in [-0.25, -0.2) is 0 Å². The SMILES string of the molecule is Cc1cccc(C)c1[O-].Cc1cccc(C)c1[O-].[O-]c1c(Cl)cc(Cl)cc1C=Nc1ccccc1N=Cc1cc(Cl)cc(Cl)c1[O-].[Ti+4]. The van der Waals surface area contributed by atoms with E-state index in [1.807, 2.05) is 64.1 Å². The van der Waals surface area contributed by atoms with Crippen LogP contribution in [0, 0.1) is 27.7 Å². The molecular weight excluding hydrogens is 714 g/mol. The molecule has 0 aliphatic carbocycles. The summed E-state index contributed by atoms with van der Waals surface area (Å²) in [6, 6.07) is 23.8. The Morgan fingerprint density at radius 1 is 0.468 bits per heavy atom. The van der Waals surface area contributed by atoms with Crippen LogP contribution in [0.2, 0.25) is 20.1 Å². The second-order valence-corrected chi connectivity index (χ2v) is 11.7. The maximum Gasteiger partial charge on any atom is 4.00 e. The molecule has 238 valence electrons. The Labute approximate surface area is 309 Å². The first-order chi connectivity index (χ1) is 21.8. The molecule has 6 nitrogen and oxygen atoms in total. The average Bonchev–Trinajstić information content (AvgIpc) is 3.01. The molecule has 5 aromatic carbocycles. The van der Waals surface area contributed by atoms with Crippen molar-refractivity contribution in [2.24, 2.45) is 9.98 Å². The number of para-hydroxylation sites is 4. The van der Waals surface area contributed by atoms with E-state index in [1.165, 1.54) is 36.7 Å². The van der Waals surface area contributed by atoms with Crippen LogP contribution >= 0.6 is 46.4 Å². The second-order valence-electron chi connectivity index (χ2n) is 10.1. The minimum absolute atomic E-state index is 0. The fourth-order valence-electron chi connectivity index (χ4n) is 3.91. The van der Waals surface area contributed by atoms with E-state index in [4.69, 9.17) is 46.4 Å². The van der Waals surface area contributed by atoms with E-state index in [1.54, 1.807) is 24.3 Å². The van der Waals surface area contributed by atoms with Gasteiger partial charge < -0.3 is 20.4 Å². The van der Waals surface area contributed by atoms with Crippen molar-refractivity contribution in [1.82, 2.24) is 0 Å². The van der Waals surface area contributed by atoms with Crippen LogP contribution in [0.15, 0.2) is 94.9 Å². The van der Waals surface area contributed by atoms with Gasteiger partial charge in [-0.15, -0.1) is 11.5 Å². The van der Waals surface area contributed by atoms with E-state index in [0.717, 1.165) is 22.3 Å².